The molecule has 0 radical (unpaired) electrons. The average Bonchev–Trinajstić information content (AvgIpc) is 3.19. The van der Waals surface area contributed by atoms with Crippen LogP contribution >= 0.6 is 23.2 Å². The molecule has 37 heavy (non-hydrogen) atoms. The van der Waals surface area contributed by atoms with Gasteiger partial charge in [-0.1, -0.05) is 29.1 Å². The molecule has 2 heterocycles. The molecule has 1 amide bonds. The van der Waals surface area contributed by atoms with Crippen LogP contribution in [0.4, 0.5) is 0 Å². The summed E-state index contributed by atoms with van der Waals surface area (Å²) in [4.78, 5) is 25.9. The lowest BCUT2D eigenvalue weighted by molar-refractivity contribution is 0.0222. The zero-order valence-electron chi connectivity index (χ0n) is 19.3. The lowest BCUT2D eigenvalue weighted by atomic mass is 9.77. The molecule has 3 N–H and O–H groups in total. The molecule has 0 bridgehead atoms. The van der Waals surface area contributed by atoms with Gasteiger partial charge in [0.05, 0.1) is 37.5 Å². The summed E-state index contributed by atoms with van der Waals surface area (Å²) in [5.74, 6) is 0.0292. The molecule has 2 aliphatic heterocycles. The molecule has 11 heteroatoms. The van der Waals surface area contributed by atoms with Crippen molar-refractivity contribution < 1.29 is 38.7 Å². The van der Waals surface area contributed by atoms with Crippen molar-refractivity contribution in [2.45, 2.75) is 5.60 Å². The van der Waals surface area contributed by atoms with E-state index in [-0.39, 0.29) is 67.4 Å². The van der Waals surface area contributed by atoms with E-state index in [2.05, 4.69) is 11.2 Å². The van der Waals surface area contributed by atoms with Gasteiger partial charge in [0.25, 0.3) is 5.91 Å². The summed E-state index contributed by atoms with van der Waals surface area (Å²) in [7, 11) is 2.64. The fraction of sp³-hybridized carbons (Fsp3) is 0.154. The average molecular weight is 542 g/mol. The summed E-state index contributed by atoms with van der Waals surface area (Å²) < 4.78 is 22.6. The van der Waals surface area contributed by atoms with Gasteiger partial charge in [-0.25, -0.2) is 4.79 Å². The van der Waals surface area contributed by atoms with Crippen LogP contribution in [0.25, 0.3) is 0 Å². The Morgan fingerprint density at radius 3 is 2.11 bits per heavy atom. The van der Waals surface area contributed by atoms with E-state index in [1.165, 1.54) is 44.6 Å². The van der Waals surface area contributed by atoms with Gasteiger partial charge in [0, 0.05) is 11.1 Å². The number of amides is 1. The number of phenols is 2. The van der Waals surface area contributed by atoms with E-state index >= 15 is 0 Å². The second kappa shape index (κ2) is 8.69. The van der Waals surface area contributed by atoms with Crippen molar-refractivity contribution in [2.75, 3.05) is 20.8 Å². The highest BCUT2D eigenvalue weighted by Gasteiger charge is 2.56. The van der Waals surface area contributed by atoms with E-state index in [0.717, 1.165) is 0 Å². The van der Waals surface area contributed by atoms with E-state index in [1.54, 1.807) is 0 Å². The molecule has 0 aromatic heterocycles. The van der Waals surface area contributed by atoms with Crippen LogP contribution in [0.5, 0.6) is 34.5 Å². The highest BCUT2D eigenvalue weighted by molar-refractivity contribution is 6.35. The number of hydrogen-bond acceptors (Lipinski definition) is 8. The minimum atomic E-state index is -1.78. The first-order valence-corrected chi connectivity index (χ1v) is 11.4. The van der Waals surface area contributed by atoms with E-state index in [4.69, 9.17) is 48.6 Å². The fourth-order valence-electron chi connectivity index (χ4n) is 4.52. The van der Waals surface area contributed by atoms with Crippen molar-refractivity contribution >= 4 is 35.1 Å². The predicted molar refractivity (Wildman–Crippen MR) is 132 cm³/mol. The Balaban J connectivity index is 1.90. The third kappa shape index (κ3) is 3.34. The molecule has 0 saturated heterocycles. The number of ether oxygens (including phenoxy) is 4. The molecule has 1 spiro atoms. The van der Waals surface area contributed by atoms with Gasteiger partial charge in [0.2, 0.25) is 0 Å². The molecule has 3 aromatic rings. The number of nitrogens with one attached hydrogen (secondary N) is 1. The first kappa shape index (κ1) is 24.4. The smallest absolute Gasteiger partial charge is 0.340 e. The van der Waals surface area contributed by atoms with Crippen molar-refractivity contribution in [3.8, 4) is 46.8 Å². The van der Waals surface area contributed by atoms with Crippen molar-refractivity contribution in [1.29, 1.82) is 0 Å². The fourth-order valence-corrected chi connectivity index (χ4v) is 4.98. The van der Waals surface area contributed by atoms with E-state index < -0.39 is 29.0 Å². The molecule has 3 aromatic carbocycles. The minimum Gasteiger partial charge on any atom is -0.503 e. The van der Waals surface area contributed by atoms with Crippen molar-refractivity contribution in [2.24, 2.45) is 0 Å². The highest BCUT2D eigenvalue weighted by Crippen LogP contribution is 2.63. The lowest BCUT2D eigenvalue weighted by Gasteiger charge is -2.37. The van der Waals surface area contributed by atoms with Crippen LogP contribution in [-0.4, -0.2) is 42.9 Å². The van der Waals surface area contributed by atoms with Crippen LogP contribution in [-0.2, 0) is 10.3 Å². The monoisotopic (exact) mass is 541 g/mol. The second-order valence-electron chi connectivity index (χ2n) is 8.06. The third-order valence-electron chi connectivity index (χ3n) is 6.20. The standard InChI is InChI=1S/C26H17Cl2NO8/c1-4-7-29-24(32)11-5-6-12-13(8-11)26(37-25(12)33)14-9-16(34-2)20(30)18(27)22(14)36-23-15(26)10-17(35-3)21(31)19(23)28/h1,5-6,8-10,30-31H,7H2,2-3H3,(H,29,32). The number of carbonyl (C=O) groups excluding carboxylic acids is 2. The Bertz CT molecular complexity index is 1490. The summed E-state index contributed by atoms with van der Waals surface area (Å²) in [6.07, 6.45) is 5.26. The van der Waals surface area contributed by atoms with Crippen LogP contribution in [0.2, 0.25) is 10.0 Å². The van der Waals surface area contributed by atoms with Crippen LogP contribution in [0.15, 0.2) is 30.3 Å². The SMILES string of the molecule is C#CCNC(=O)c1ccc2c(c1)C1(OC2=O)c2cc(OC)c(O)c(Cl)c2Oc2c1cc(OC)c(O)c2Cl. The molecule has 0 atom stereocenters. The maximum absolute atomic E-state index is 13.2. The van der Waals surface area contributed by atoms with Gasteiger partial charge in [-0.05, 0) is 30.3 Å². The third-order valence-corrected chi connectivity index (χ3v) is 6.90. The number of rotatable bonds is 4. The summed E-state index contributed by atoms with van der Waals surface area (Å²) in [6.45, 7) is -0.00579. The predicted octanol–water partition coefficient (Wildman–Crippen LogP) is 4.35. The Morgan fingerprint density at radius 2 is 1.59 bits per heavy atom. The van der Waals surface area contributed by atoms with Gasteiger partial charge in [-0.2, -0.15) is 0 Å². The first-order valence-electron chi connectivity index (χ1n) is 10.7. The Morgan fingerprint density at radius 1 is 1.03 bits per heavy atom. The van der Waals surface area contributed by atoms with Crippen LogP contribution in [0, 0.1) is 12.3 Å². The number of halogens is 2. The Labute approximate surface area is 220 Å². The quantitative estimate of drug-likeness (QED) is 0.329. The number of methoxy groups -OCH3 is 2. The van der Waals surface area contributed by atoms with Crippen LogP contribution < -0.4 is 19.5 Å². The van der Waals surface area contributed by atoms with Gasteiger partial charge in [0.1, 0.15) is 10.0 Å². The molecule has 0 aliphatic carbocycles. The van der Waals surface area contributed by atoms with Gasteiger partial charge in [-0.3, -0.25) is 4.79 Å². The number of aromatic hydroxyl groups is 2. The summed E-state index contributed by atoms with van der Waals surface area (Å²) in [5, 5.41) is 23.2. The largest absolute Gasteiger partial charge is 0.503 e. The Hall–Kier alpha value is -4.26. The minimum absolute atomic E-state index is 0.00579. The number of benzene rings is 3. The molecule has 2 aliphatic rings. The van der Waals surface area contributed by atoms with Gasteiger partial charge >= 0.3 is 5.97 Å². The highest BCUT2D eigenvalue weighted by atomic mass is 35.5. The normalized spacial score (nSPS) is 14.0. The number of terminal acetylenes is 1. The molecule has 0 saturated carbocycles. The lowest BCUT2D eigenvalue weighted by Crippen LogP contribution is -2.34. The van der Waals surface area contributed by atoms with Crippen molar-refractivity contribution in [1.82, 2.24) is 5.32 Å². The van der Waals surface area contributed by atoms with E-state index in [9.17, 15) is 19.8 Å². The molecule has 5 rings (SSSR count). The van der Waals surface area contributed by atoms with E-state index in [0.29, 0.717) is 0 Å². The zero-order valence-corrected chi connectivity index (χ0v) is 20.8. The number of phenolic OH excluding ortho intramolecular Hbond substituents is 2. The maximum atomic E-state index is 13.2. The second-order valence-corrected chi connectivity index (χ2v) is 8.81. The molecule has 188 valence electrons. The van der Waals surface area contributed by atoms with Crippen LogP contribution in [0.3, 0.4) is 0 Å². The molecule has 0 unspecified atom stereocenters. The van der Waals surface area contributed by atoms with Crippen molar-refractivity contribution in [3.63, 3.8) is 0 Å². The maximum Gasteiger partial charge on any atom is 0.340 e. The number of fused-ring (bicyclic) bond motifs is 6. The summed E-state index contributed by atoms with van der Waals surface area (Å²) in [5.41, 5.74) is -0.834. The molecule has 0 fully saturated rings. The topological polar surface area (TPSA) is 124 Å². The first-order chi connectivity index (χ1) is 17.7. The number of carbonyl (C=O) groups is 2. The number of esters is 1. The molecule has 9 nitrogen and oxygen atoms in total. The summed E-state index contributed by atoms with van der Waals surface area (Å²) in [6, 6.07) is 7.19. The molecular formula is C26H17Cl2NO8. The van der Waals surface area contributed by atoms with Gasteiger partial charge in [-0.15, -0.1) is 6.42 Å². The number of hydrogen-bond donors (Lipinski definition) is 3. The van der Waals surface area contributed by atoms with Crippen LogP contribution in [0.1, 0.15) is 37.4 Å². The van der Waals surface area contributed by atoms with E-state index in [1.807, 2.05) is 0 Å². The van der Waals surface area contributed by atoms with Gasteiger partial charge in [0.15, 0.2) is 40.1 Å². The zero-order chi connectivity index (χ0) is 26.6. The summed E-state index contributed by atoms with van der Waals surface area (Å²) >= 11 is 12.9. The van der Waals surface area contributed by atoms with Gasteiger partial charge < -0.3 is 34.5 Å². The molecular weight excluding hydrogens is 525 g/mol. The Kier molecular flexibility index (Phi) is 5.74. The van der Waals surface area contributed by atoms with Crippen molar-refractivity contribution in [3.05, 3.63) is 68.2 Å².